The van der Waals surface area contributed by atoms with Crippen LogP contribution in [0.1, 0.15) is 13.8 Å². The number of methoxy groups -OCH3 is 1. The number of carbonyl (C=O) groups excluding carboxylic acids is 2. The molecule has 0 spiro atoms. The van der Waals surface area contributed by atoms with Crippen LogP contribution in [0.3, 0.4) is 0 Å². The highest BCUT2D eigenvalue weighted by atomic mass is 35.5. The molecule has 0 aliphatic carbocycles. The molecule has 0 unspecified atom stereocenters. The summed E-state index contributed by atoms with van der Waals surface area (Å²) in [5, 5.41) is 4.89. The van der Waals surface area contributed by atoms with Crippen molar-refractivity contribution in [1.29, 1.82) is 0 Å². The molecule has 124 valence electrons. The molecule has 22 heavy (non-hydrogen) atoms. The summed E-state index contributed by atoms with van der Waals surface area (Å²) in [7, 11) is 1.35. The van der Waals surface area contributed by atoms with Gasteiger partial charge in [-0.25, -0.2) is 4.39 Å². The van der Waals surface area contributed by atoms with Crippen LogP contribution in [0.2, 0.25) is 0 Å². The molecule has 1 atom stereocenters. The molecule has 0 aliphatic heterocycles. The lowest BCUT2D eigenvalue weighted by molar-refractivity contribution is -0.125. The van der Waals surface area contributed by atoms with E-state index in [1.165, 1.54) is 19.2 Å². The lowest BCUT2D eigenvalue weighted by Crippen LogP contribution is -2.46. The third kappa shape index (κ3) is 5.87. The minimum atomic E-state index is -0.670. The summed E-state index contributed by atoms with van der Waals surface area (Å²) in [4.78, 5) is 23.2. The van der Waals surface area contributed by atoms with E-state index in [0.29, 0.717) is 0 Å². The lowest BCUT2D eigenvalue weighted by atomic mass is 10.1. The first-order valence-corrected chi connectivity index (χ1v) is 6.51. The smallest absolute Gasteiger partial charge is 0.243 e. The van der Waals surface area contributed by atoms with Gasteiger partial charge >= 0.3 is 0 Å². The van der Waals surface area contributed by atoms with Gasteiger partial charge in [-0.2, -0.15) is 0 Å². The van der Waals surface area contributed by atoms with Crippen LogP contribution in [-0.2, 0) is 9.59 Å². The van der Waals surface area contributed by atoms with Gasteiger partial charge in [-0.3, -0.25) is 9.59 Å². The van der Waals surface area contributed by atoms with E-state index >= 15 is 0 Å². The number of amides is 2. The van der Waals surface area contributed by atoms with Crippen molar-refractivity contribution >= 4 is 29.9 Å². The molecule has 1 aromatic carbocycles. The molecule has 1 aromatic rings. The van der Waals surface area contributed by atoms with Gasteiger partial charge in [0.1, 0.15) is 0 Å². The van der Waals surface area contributed by atoms with Gasteiger partial charge in [0.05, 0.1) is 19.7 Å². The second-order valence-electron chi connectivity index (χ2n) is 4.89. The first-order chi connectivity index (χ1) is 9.85. The van der Waals surface area contributed by atoms with E-state index in [-0.39, 0.29) is 36.3 Å². The molecule has 8 heteroatoms. The minimum absolute atomic E-state index is 0. The molecule has 1 rings (SSSR count). The van der Waals surface area contributed by atoms with Gasteiger partial charge in [0.15, 0.2) is 11.6 Å². The second kappa shape index (κ2) is 9.22. The maximum Gasteiger partial charge on any atom is 0.243 e. The van der Waals surface area contributed by atoms with Crippen molar-refractivity contribution in [2.24, 2.45) is 11.7 Å². The Bertz CT molecular complexity index is 526. The average Bonchev–Trinajstić information content (AvgIpc) is 2.44. The molecule has 4 N–H and O–H groups in total. The molecule has 6 nitrogen and oxygen atoms in total. The van der Waals surface area contributed by atoms with Gasteiger partial charge in [-0.05, 0) is 18.1 Å². The summed E-state index contributed by atoms with van der Waals surface area (Å²) in [6, 6.07) is 3.37. The number of nitrogens with two attached hydrogens (primary N) is 1. The van der Waals surface area contributed by atoms with E-state index in [1.54, 1.807) is 0 Å². The molecular weight excluding hydrogens is 313 g/mol. The Morgan fingerprint density at radius 1 is 1.36 bits per heavy atom. The second-order valence-corrected chi connectivity index (χ2v) is 4.89. The number of rotatable bonds is 6. The molecule has 0 radical (unpaired) electrons. The fourth-order valence-electron chi connectivity index (χ4n) is 1.54. The quantitative estimate of drug-likeness (QED) is 0.731. The number of nitrogens with one attached hydrogen (secondary N) is 2. The summed E-state index contributed by atoms with van der Waals surface area (Å²) in [5.74, 6) is -1.39. The van der Waals surface area contributed by atoms with Crippen LogP contribution in [0.4, 0.5) is 10.1 Å². The fourth-order valence-corrected chi connectivity index (χ4v) is 1.54. The summed E-state index contributed by atoms with van der Waals surface area (Å²) >= 11 is 0. The molecule has 0 bridgehead atoms. The van der Waals surface area contributed by atoms with E-state index in [2.05, 4.69) is 10.6 Å². The normalized spacial score (nSPS) is 11.4. The number of halogens is 2. The first kappa shape index (κ1) is 20.1. The SMILES string of the molecule is COc1ccc(NC(=O)CNC(=O)[C@@H](N)C(C)C)cc1F.Cl. The van der Waals surface area contributed by atoms with Crippen molar-refractivity contribution in [3.8, 4) is 5.75 Å². The van der Waals surface area contributed by atoms with Crippen LogP contribution >= 0.6 is 12.4 Å². The average molecular weight is 334 g/mol. The summed E-state index contributed by atoms with van der Waals surface area (Å²) < 4.78 is 18.2. The minimum Gasteiger partial charge on any atom is -0.494 e. The Kier molecular flexibility index (Phi) is 8.44. The molecule has 0 aromatic heterocycles. The number of ether oxygens (including phenoxy) is 1. The zero-order chi connectivity index (χ0) is 16.0. The standard InChI is InChI=1S/C14H20FN3O3.ClH/c1-8(2)13(16)14(20)17-7-12(19)18-9-4-5-11(21-3)10(15)6-9;/h4-6,8,13H,7,16H2,1-3H3,(H,17,20)(H,18,19);1H/t13-;/m0./s1. The Morgan fingerprint density at radius 3 is 2.50 bits per heavy atom. The number of carbonyl (C=O) groups is 2. The van der Waals surface area contributed by atoms with Crippen LogP contribution in [0.5, 0.6) is 5.75 Å². The van der Waals surface area contributed by atoms with Crippen LogP contribution in [0.15, 0.2) is 18.2 Å². The van der Waals surface area contributed by atoms with Gasteiger partial charge in [-0.15, -0.1) is 12.4 Å². The van der Waals surface area contributed by atoms with Crippen molar-refractivity contribution in [1.82, 2.24) is 5.32 Å². The summed E-state index contributed by atoms with van der Waals surface area (Å²) in [6.45, 7) is 3.39. The highest BCUT2D eigenvalue weighted by Gasteiger charge is 2.17. The van der Waals surface area contributed by atoms with E-state index in [9.17, 15) is 14.0 Å². The highest BCUT2D eigenvalue weighted by molar-refractivity contribution is 5.95. The van der Waals surface area contributed by atoms with Crippen LogP contribution < -0.4 is 21.1 Å². The zero-order valence-corrected chi connectivity index (χ0v) is 13.5. The molecule has 2 amide bonds. The molecule has 0 saturated heterocycles. The van der Waals surface area contributed by atoms with Gasteiger partial charge in [0, 0.05) is 11.8 Å². The van der Waals surface area contributed by atoms with Gasteiger partial charge in [0.25, 0.3) is 0 Å². The maximum absolute atomic E-state index is 13.4. The Morgan fingerprint density at radius 2 is 2.00 bits per heavy atom. The number of anilines is 1. The molecular formula is C14H21ClFN3O3. The van der Waals surface area contributed by atoms with Crippen molar-refractivity contribution in [3.05, 3.63) is 24.0 Å². The number of benzene rings is 1. The van der Waals surface area contributed by atoms with E-state index in [0.717, 1.165) is 6.07 Å². The number of hydrogen-bond donors (Lipinski definition) is 3. The predicted molar refractivity (Wildman–Crippen MR) is 84.7 cm³/mol. The molecule has 0 heterocycles. The fraction of sp³-hybridized carbons (Fsp3) is 0.429. The number of hydrogen-bond acceptors (Lipinski definition) is 4. The van der Waals surface area contributed by atoms with Crippen molar-refractivity contribution < 1.29 is 18.7 Å². The predicted octanol–water partition coefficient (Wildman–Crippen LogP) is 1.29. The largest absolute Gasteiger partial charge is 0.494 e. The van der Waals surface area contributed by atoms with Crippen molar-refractivity contribution in [2.75, 3.05) is 19.0 Å². The maximum atomic E-state index is 13.4. The molecule has 0 aliphatic rings. The van der Waals surface area contributed by atoms with Gasteiger partial charge < -0.3 is 21.1 Å². The third-order valence-corrected chi connectivity index (χ3v) is 2.88. The lowest BCUT2D eigenvalue weighted by Gasteiger charge is -2.15. The highest BCUT2D eigenvalue weighted by Crippen LogP contribution is 2.20. The van der Waals surface area contributed by atoms with Crippen LogP contribution in [-0.4, -0.2) is 31.5 Å². The Balaban J connectivity index is 0.00000441. The van der Waals surface area contributed by atoms with Crippen LogP contribution in [0, 0.1) is 11.7 Å². The Hall–Kier alpha value is -1.86. The monoisotopic (exact) mass is 333 g/mol. The van der Waals surface area contributed by atoms with Crippen LogP contribution in [0.25, 0.3) is 0 Å². The zero-order valence-electron chi connectivity index (χ0n) is 12.7. The van der Waals surface area contributed by atoms with Gasteiger partial charge in [-0.1, -0.05) is 13.8 Å². The third-order valence-electron chi connectivity index (χ3n) is 2.88. The van der Waals surface area contributed by atoms with E-state index < -0.39 is 23.7 Å². The van der Waals surface area contributed by atoms with Crippen molar-refractivity contribution in [3.63, 3.8) is 0 Å². The van der Waals surface area contributed by atoms with Crippen molar-refractivity contribution in [2.45, 2.75) is 19.9 Å². The summed E-state index contributed by atoms with van der Waals surface area (Å²) in [6.07, 6.45) is 0. The molecule has 0 saturated carbocycles. The van der Waals surface area contributed by atoms with E-state index in [4.69, 9.17) is 10.5 Å². The van der Waals surface area contributed by atoms with Gasteiger partial charge in [0.2, 0.25) is 11.8 Å². The Labute approximate surface area is 135 Å². The van der Waals surface area contributed by atoms with E-state index in [1.807, 2.05) is 13.8 Å². The molecule has 0 fully saturated rings. The summed E-state index contributed by atoms with van der Waals surface area (Å²) in [5.41, 5.74) is 5.92. The first-order valence-electron chi connectivity index (χ1n) is 6.51. The topological polar surface area (TPSA) is 93.5 Å².